The van der Waals surface area contributed by atoms with E-state index in [-0.39, 0.29) is 30.9 Å². The molecule has 2 atom stereocenters. The van der Waals surface area contributed by atoms with Crippen LogP contribution in [0, 0.1) is 0 Å². The SMILES string of the molecule is CC/C=C\C/C=C\C/C=C\C/C=C\C/C=C\CCCCCC(=O)OC(CCCCCCC)CCCCCCC(=O)NCC(=O)NC(CO)C(=O)O. The number of aliphatic hydroxyl groups is 1. The number of ether oxygens (including phenoxy) is 1. The van der Waals surface area contributed by atoms with E-state index in [2.05, 4.69) is 85.2 Å². The first kappa shape index (κ1) is 47.5. The smallest absolute Gasteiger partial charge is 0.328 e. The molecule has 0 saturated carbocycles. The highest BCUT2D eigenvalue weighted by Crippen LogP contribution is 2.18. The van der Waals surface area contributed by atoms with Crippen LogP contribution in [0.1, 0.15) is 155 Å². The zero-order valence-electron chi connectivity index (χ0n) is 31.8. The van der Waals surface area contributed by atoms with E-state index >= 15 is 0 Å². The molecule has 0 spiro atoms. The van der Waals surface area contributed by atoms with Crippen LogP contribution in [0.2, 0.25) is 0 Å². The van der Waals surface area contributed by atoms with Crippen LogP contribution in [0.15, 0.2) is 60.8 Å². The van der Waals surface area contributed by atoms with E-state index in [0.29, 0.717) is 12.8 Å². The van der Waals surface area contributed by atoms with E-state index in [1.165, 1.54) is 19.3 Å². The van der Waals surface area contributed by atoms with E-state index in [1.807, 2.05) is 0 Å². The molecule has 0 fully saturated rings. The van der Waals surface area contributed by atoms with Gasteiger partial charge in [-0.25, -0.2) is 4.79 Å². The summed E-state index contributed by atoms with van der Waals surface area (Å²) >= 11 is 0. The van der Waals surface area contributed by atoms with E-state index in [1.54, 1.807) is 0 Å². The number of carbonyl (C=O) groups is 4. The zero-order valence-corrected chi connectivity index (χ0v) is 31.8. The van der Waals surface area contributed by atoms with Crippen LogP contribution in [-0.2, 0) is 23.9 Å². The summed E-state index contributed by atoms with van der Waals surface area (Å²) in [6.07, 6.45) is 42.6. The zero-order chi connectivity index (χ0) is 37.6. The van der Waals surface area contributed by atoms with Gasteiger partial charge in [0.05, 0.1) is 13.2 Å². The number of unbranched alkanes of at least 4 members (excludes halogenated alkanes) is 10. The van der Waals surface area contributed by atoms with Crippen LogP contribution in [-0.4, -0.2) is 59.3 Å². The lowest BCUT2D eigenvalue weighted by Crippen LogP contribution is -2.47. The van der Waals surface area contributed by atoms with Crippen LogP contribution in [0.4, 0.5) is 0 Å². The molecule has 0 aliphatic carbocycles. The first-order valence-electron chi connectivity index (χ1n) is 19.7. The van der Waals surface area contributed by atoms with Crippen LogP contribution in [0.3, 0.4) is 0 Å². The van der Waals surface area contributed by atoms with Crippen molar-refractivity contribution >= 4 is 23.8 Å². The molecule has 0 bridgehead atoms. The van der Waals surface area contributed by atoms with Gasteiger partial charge in [0.2, 0.25) is 11.8 Å². The average Bonchev–Trinajstić information content (AvgIpc) is 3.11. The molecule has 0 heterocycles. The molecule has 0 saturated heterocycles. The van der Waals surface area contributed by atoms with Crippen molar-refractivity contribution in [3.8, 4) is 0 Å². The van der Waals surface area contributed by atoms with Crippen molar-refractivity contribution in [2.45, 2.75) is 167 Å². The Hall–Kier alpha value is -3.46. The summed E-state index contributed by atoms with van der Waals surface area (Å²) in [5.74, 6) is -2.38. The Kier molecular flexibility index (Phi) is 33.9. The van der Waals surface area contributed by atoms with Crippen molar-refractivity contribution < 1.29 is 34.1 Å². The first-order valence-corrected chi connectivity index (χ1v) is 19.7. The fourth-order valence-electron chi connectivity index (χ4n) is 5.27. The van der Waals surface area contributed by atoms with E-state index in [9.17, 15) is 19.2 Å². The summed E-state index contributed by atoms with van der Waals surface area (Å²) in [6, 6.07) is -1.39. The molecule has 0 rings (SSSR count). The highest BCUT2D eigenvalue weighted by molar-refractivity contribution is 5.87. The van der Waals surface area contributed by atoms with Gasteiger partial charge >= 0.3 is 11.9 Å². The summed E-state index contributed by atoms with van der Waals surface area (Å²) in [7, 11) is 0. The van der Waals surface area contributed by atoms with Crippen LogP contribution in [0.5, 0.6) is 0 Å². The number of esters is 1. The van der Waals surface area contributed by atoms with Gasteiger partial charge in [-0.1, -0.05) is 120 Å². The van der Waals surface area contributed by atoms with Crippen LogP contribution >= 0.6 is 0 Å². The summed E-state index contributed by atoms with van der Waals surface area (Å²) in [6.45, 7) is 3.29. The molecule has 9 heteroatoms. The number of hydrogen-bond acceptors (Lipinski definition) is 6. The van der Waals surface area contributed by atoms with Gasteiger partial charge in [-0.2, -0.15) is 0 Å². The van der Waals surface area contributed by atoms with Gasteiger partial charge in [0.1, 0.15) is 12.1 Å². The van der Waals surface area contributed by atoms with Gasteiger partial charge in [-0.05, 0) is 83.5 Å². The molecule has 4 N–H and O–H groups in total. The molecular formula is C42H70N2O7. The third-order valence-electron chi connectivity index (χ3n) is 8.28. The predicted octanol–water partition coefficient (Wildman–Crippen LogP) is 8.98. The van der Waals surface area contributed by atoms with Crippen molar-refractivity contribution in [2.24, 2.45) is 0 Å². The Bertz CT molecular complexity index is 1050. The quantitative estimate of drug-likeness (QED) is 0.0296. The summed E-state index contributed by atoms with van der Waals surface area (Å²) < 4.78 is 5.92. The number of amides is 2. The van der Waals surface area contributed by atoms with Crippen molar-refractivity contribution in [3.63, 3.8) is 0 Å². The lowest BCUT2D eigenvalue weighted by atomic mass is 10.0. The third-order valence-corrected chi connectivity index (χ3v) is 8.28. The third kappa shape index (κ3) is 33.4. The second-order valence-corrected chi connectivity index (χ2v) is 13.0. The standard InChI is InChI=1S/C42H70N2O7/c1-3-5-7-9-10-11-12-13-14-15-16-17-18-19-20-21-22-24-30-34-41(48)51-37(31-27-23-8-6-4-2)32-28-25-26-29-33-39(46)43-35-40(47)44-38(36-45)42(49)50/h5,7,10-11,13-14,16-17,19-20,37-38,45H,3-4,6,8-9,12,15,18,21-36H2,1-2H3,(H,43,46)(H,44,47)(H,49,50)/b7-5-,11-10-,14-13-,17-16-,20-19-. The van der Waals surface area contributed by atoms with E-state index in [4.69, 9.17) is 14.9 Å². The number of nitrogens with one attached hydrogen (secondary N) is 2. The highest BCUT2D eigenvalue weighted by atomic mass is 16.5. The number of hydrogen-bond donors (Lipinski definition) is 4. The van der Waals surface area contributed by atoms with Gasteiger partial charge in [0.15, 0.2) is 0 Å². The molecule has 51 heavy (non-hydrogen) atoms. The number of rotatable bonds is 34. The second-order valence-electron chi connectivity index (χ2n) is 13.0. The molecule has 2 amide bonds. The minimum absolute atomic E-state index is 0.0595. The number of aliphatic hydroxyl groups excluding tert-OH is 1. The molecule has 2 unspecified atom stereocenters. The minimum Gasteiger partial charge on any atom is -0.480 e. The Morgan fingerprint density at radius 3 is 1.67 bits per heavy atom. The lowest BCUT2D eigenvalue weighted by Gasteiger charge is -2.18. The summed E-state index contributed by atoms with van der Waals surface area (Å²) in [5.41, 5.74) is 0. The Morgan fingerprint density at radius 1 is 0.608 bits per heavy atom. The maximum Gasteiger partial charge on any atom is 0.328 e. The number of carboxylic acids is 1. The number of allylic oxidation sites excluding steroid dienone is 10. The number of aliphatic carboxylic acids is 1. The molecule has 9 nitrogen and oxygen atoms in total. The molecule has 0 radical (unpaired) electrons. The lowest BCUT2D eigenvalue weighted by molar-refractivity contribution is -0.150. The fraction of sp³-hybridized carbons (Fsp3) is 0.667. The van der Waals surface area contributed by atoms with Crippen molar-refractivity contribution in [1.82, 2.24) is 10.6 Å². The van der Waals surface area contributed by atoms with E-state index in [0.717, 1.165) is 103 Å². The van der Waals surface area contributed by atoms with Gasteiger partial charge < -0.3 is 25.6 Å². The maximum absolute atomic E-state index is 12.6. The topological polar surface area (TPSA) is 142 Å². The number of carboxylic acid groups (broad SMARTS) is 1. The van der Waals surface area contributed by atoms with Gasteiger partial charge in [0, 0.05) is 12.8 Å². The summed E-state index contributed by atoms with van der Waals surface area (Å²) in [4.78, 5) is 47.3. The van der Waals surface area contributed by atoms with Crippen molar-refractivity contribution in [1.29, 1.82) is 0 Å². The Labute approximate surface area is 309 Å². The molecule has 0 aromatic heterocycles. The van der Waals surface area contributed by atoms with Crippen LogP contribution < -0.4 is 10.6 Å². The molecular weight excluding hydrogens is 644 g/mol. The normalized spacial score (nSPS) is 13.2. The highest BCUT2D eigenvalue weighted by Gasteiger charge is 2.19. The molecule has 0 aromatic rings. The fourth-order valence-corrected chi connectivity index (χ4v) is 5.27. The predicted molar refractivity (Wildman–Crippen MR) is 208 cm³/mol. The monoisotopic (exact) mass is 715 g/mol. The first-order chi connectivity index (χ1) is 24.8. The molecule has 0 aliphatic heterocycles. The van der Waals surface area contributed by atoms with Gasteiger partial charge in [-0.15, -0.1) is 0 Å². The Morgan fingerprint density at radius 2 is 1.12 bits per heavy atom. The van der Waals surface area contributed by atoms with Crippen LogP contribution in [0.25, 0.3) is 0 Å². The second kappa shape index (κ2) is 36.3. The molecule has 0 aromatic carbocycles. The average molecular weight is 715 g/mol. The number of carbonyl (C=O) groups excluding carboxylic acids is 3. The minimum atomic E-state index is -1.39. The van der Waals surface area contributed by atoms with Crippen molar-refractivity contribution in [3.05, 3.63) is 60.8 Å². The largest absolute Gasteiger partial charge is 0.480 e. The van der Waals surface area contributed by atoms with Crippen molar-refractivity contribution in [2.75, 3.05) is 13.2 Å². The van der Waals surface area contributed by atoms with Gasteiger partial charge in [-0.3, -0.25) is 14.4 Å². The molecule has 0 aliphatic rings. The Balaban J connectivity index is 4.16. The summed E-state index contributed by atoms with van der Waals surface area (Å²) in [5, 5.41) is 22.5. The van der Waals surface area contributed by atoms with E-state index < -0.39 is 24.5 Å². The van der Waals surface area contributed by atoms with Gasteiger partial charge in [0.25, 0.3) is 0 Å². The molecule has 290 valence electrons. The maximum atomic E-state index is 12.6.